The monoisotopic (exact) mass is 312 g/mol. The lowest BCUT2D eigenvalue weighted by Gasteiger charge is -2.20. The van der Waals surface area contributed by atoms with E-state index in [9.17, 15) is 14.7 Å². The van der Waals surface area contributed by atoms with E-state index < -0.39 is 17.8 Å². The minimum Gasteiger partial charge on any atom is -0.465 e. The van der Waals surface area contributed by atoms with Crippen LogP contribution in [0.5, 0.6) is 0 Å². The highest BCUT2D eigenvalue weighted by Gasteiger charge is 2.43. The van der Waals surface area contributed by atoms with Gasteiger partial charge in [0.15, 0.2) is 0 Å². The highest BCUT2D eigenvalue weighted by atomic mass is 16.5. The first-order valence-electron chi connectivity index (χ1n) is 7.61. The molecule has 2 aliphatic rings. The number of para-hydroxylation sites is 1. The van der Waals surface area contributed by atoms with Gasteiger partial charge in [0.2, 0.25) is 5.91 Å². The van der Waals surface area contributed by atoms with Gasteiger partial charge in [-0.3, -0.25) is 14.6 Å². The maximum absolute atomic E-state index is 12.7. The summed E-state index contributed by atoms with van der Waals surface area (Å²) in [4.78, 5) is 30.5. The van der Waals surface area contributed by atoms with Crippen LogP contribution in [0.4, 0.5) is 0 Å². The number of aliphatic hydroxyl groups is 1. The lowest BCUT2D eigenvalue weighted by Crippen LogP contribution is -2.37. The fourth-order valence-corrected chi connectivity index (χ4v) is 3.31. The van der Waals surface area contributed by atoms with Crippen molar-refractivity contribution in [2.24, 2.45) is 11.8 Å². The Kier molecular flexibility index (Phi) is 3.27. The number of fused-ring (bicyclic) bond motifs is 2. The van der Waals surface area contributed by atoms with E-state index in [1.54, 1.807) is 4.90 Å². The van der Waals surface area contributed by atoms with Gasteiger partial charge < -0.3 is 14.7 Å². The van der Waals surface area contributed by atoms with Gasteiger partial charge in [0.1, 0.15) is 6.61 Å². The minimum absolute atomic E-state index is 0.0468. The van der Waals surface area contributed by atoms with Crippen LogP contribution in [0.2, 0.25) is 0 Å². The third-order valence-electron chi connectivity index (χ3n) is 4.61. The molecule has 2 unspecified atom stereocenters. The van der Waals surface area contributed by atoms with Crippen molar-refractivity contribution in [3.8, 4) is 0 Å². The van der Waals surface area contributed by atoms with Gasteiger partial charge in [0.05, 0.1) is 36.2 Å². The molecule has 1 aromatic heterocycles. The molecule has 4 rings (SSSR count). The highest BCUT2D eigenvalue weighted by Crippen LogP contribution is 2.30. The summed E-state index contributed by atoms with van der Waals surface area (Å²) in [5, 5.41) is 10.4. The zero-order valence-corrected chi connectivity index (χ0v) is 12.4. The molecule has 0 aliphatic carbocycles. The first-order chi connectivity index (χ1) is 11.2. The molecule has 1 aromatic carbocycles. The number of hydrogen-bond acceptors (Lipinski definition) is 5. The Balaban J connectivity index is 1.59. The lowest BCUT2D eigenvalue weighted by molar-refractivity contribution is -0.143. The van der Waals surface area contributed by atoms with Crippen LogP contribution in [0.3, 0.4) is 0 Å². The molecule has 0 saturated carbocycles. The summed E-state index contributed by atoms with van der Waals surface area (Å²) in [6, 6.07) is 9.91. The van der Waals surface area contributed by atoms with E-state index >= 15 is 0 Å². The van der Waals surface area contributed by atoms with E-state index in [1.165, 1.54) is 0 Å². The molecule has 1 fully saturated rings. The van der Waals surface area contributed by atoms with E-state index in [0.29, 0.717) is 13.1 Å². The number of esters is 1. The first-order valence-corrected chi connectivity index (χ1v) is 7.61. The molecule has 2 aliphatic heterocycles. The Morgan fingerprint density at radius 3 is 3.00 bits per heavy atom. The molecule has 2 atom stereocenters. The molecular weight excluding hydrogens is 296 g/mol. The van der Waals surface area contributed by atoms with Gasteiger partial charge in [-0.05, 0) is 17.7 Å². The zero-order valence-electron chi connectivity index (χ0n) is 12.4. The smallest absolute Gasteiger partial charge is 0.312 e. The molecule has 0 radical (unpaired) electrons. The van der Waals surface area contributed by atoms with Crippen LogP contribution in [-0.2, 0) is 27.4 Å². The van der Waals surface area contributed by atoms with Gasteiger partial charge in [0, 0.05) is 11.9 Å². The summed E-state index contributed by atoms with van der Waals surface area (Å²) in [5.41, 5.74) is 2.83. The van der Waals surface area contributed by atoms with Crippen molar-refractivity contribution >= 4 is 22.8 Å². The quantitative estimate of drug-likeness (QED) is 0.832. The second-order valence-electron chi connectivity index (χ2n) is 6.01. The molecule has 0 spiro atoms. The normalized spacial score (nSPS) is 23.2. The molecule has 6 heteroatoms. The van der Waals surface area contributed by atoms with E-state index in [0.717, 1.165) is 22.2 Å². The Morgan fingerprint density at radius 1 is 1.35 bits per heavy atom. The van der Waals surface area contributed by atoms with Crippen molar-refractivity contribution in [1.82, 2.24) is 9.88 Å². The fourth-order valence-electron chi connectivity index (χ4n) is 3.31. The maximum Gasteiger partial charge on any atom is 0.312 e. The van der Waals surface area contributed by atoms with Crippen LogP contribution >= 0.6 is 0 Å². The molecule has 1 saturated heterocycles. The van der Waals surface area contributed by atoms with Crippen molar-refractivity contribution in [2.45, 2.75) is 13.1 Å². The number of carbonyl (C=O) groups is 2. The zero-order chi connectivity index (χ0) is 16.0. The standard InChI is InChI=1S/C17H16N2O4/c20-8-12-13(9-23-17(12)22)16(21)19-6-11-5-10-3-1-2-4-14(10)18-15(11)7-19/h1-5,12-13,20H,6-9H2. The number of aliphatic hydroxyl groups excluding tert-OH is 1. The summed E-state index contributed by atoms with van der Waals surface area (Å²) in [5.74, 6) is -2.00. The Morgan fingerprint density at radius 2 is 2.17 bits per heavy atom. The number of cyclic esters (lactones) is 1. The molecule has 23 heavy (non-hydrogen) atoms. The molecule has 1 amide bonds. The molecule has 6 nitrogen and oxygen atoms in total. The lowest BCUT2D eigenvalue weighted by atomic mass is 9.95. The van der Waals surface area contributed by atoms with E-state index in [-0.39, 0.29) is 19.1 Å². The van der Waals surface area contributed by atoms with Gasteiger partial charge in [-0.1, -0.05) is 18.2 Å². The number of ether oxygens (including phenoxy) is 1. The van der Waals surface area contributed by atoms with Gasteiger partial charge in [-0.25, -0.2) is 0 Å². The highest BCUT2D eigenvalue weighted by molar-refractivity contribution is 5.88. The summed E-state index contributed by atoms with van der Waals surface area (Å²) in [6.45, 7) is 0.597. The van der Waals surface area contributed by atoms with Gasteiger partial charge in [0.25, 0.3) is 0 Å². The van der Waals surface area contributed by atoms with Crippen LogP contribution in [0.15, 0.2) is 30.3 Å². The van der Waals surface area contributed by atoms with Crippen molar-refractivity contribution in [1.29, 1.82) is 0 Å². The molecule has 0 bridgehead atoms. The number of hydrogen-bond donors (Lipinski definition) is 1. The van der Waals surface area contributed by atoms with Crippen LogP contribution < -0.4 is 0 Å². The van der Waals surface area contributed by atoms with Crippen molar-refractivity contribution in [3.63, 3.8) is 0 Å². The summed E-state index contributed by atoms with van der Waals surface area (Å²) >= 11 is 0. The van der Waals surface area contributed by atoms with Crippen LogP contribution in [0, 0.1) is 11.8 Å². The molecular formula is C17H16N2O4. The van der Waals surface area contributed by atoms with E-state index in [4.69, 9.17) is 4.74 Å². The van der Waals surface area contributed by atoms with Crippen molar-refractivity contribution in [2.75, 3.05) is 13.2 Å². The summed E-state index contributed by atoms with van der Waals surface area (Å²) in [6.07, 6.45) is 0. The van der Waals surface area contributed by atoms with Gasteiger partial charge >= 0.3 is 5.97 Å². The summed E-state index contributed by atoms with van der Waals surface area (Å²) in [7, 11) is 0. The Hall–Kier alpha value is -2.47. The number of nitrogens with zero attached hydrogens (tertiary/aromatic N) is 2. The van der Waals surface area contributed by atoms with Crippen LogP contribution in [0.25, 0.3) is 10.9 Å². The molecule has 3 heterocycles. The Labute approximate surface area is 132 Å². The van der Waals surface area contributed by atoms with Crippen LogP contribution in [-0.4, -0.2) is 40.1 Å². The number of amides is 1. The molecule has 2 aromatic rings. The fraction of sp³-hybridized carbons (Fsp3) is 0.353. The maximum atomic E-state index is 12.7. The molecule has 118 valence electrons. The predicted molar refractivity (Wildman–Crippen MR) is 81.0 cm³/mol. The second-order valence-corrected chi connectivity index (χ2v) is 6.01. The van der Waals surface area contributed by atoms with Gasteiger partial charge in [-0.15, -0.1) is 0 Å². The number of benzene rings is 1. The van der Waals surface area contributed by atoms with E-state index in [2.05, 4.69) is 11.1 Å². The van der Waals surface area contributed by atoms with E-state index in [1.807, 2.05) is 24.3 Å². The summed E-state index contributed by atoms with van der Waals surface area (Å²) < 4.78 is 4.93. The number of rotatable bonds is 2. The second kappa shape index (κ2) is 5.31. The molecule has 1 N–H and O–H groups in total. The topological polar surface area (TPSA) is 79.7 Å². The number of pyridine rings is 1. The third kappa shape index (κ3) is 2.26. The van der Waals surface area contributed by atoms with Gasteiger partial charge in [-0.2, -0.15) is 0 Å². The Bertz CT molecular complexity index is 760. The third-order valence-corrected chi connectivity index (χ3v) is 4.61. The number of aromatic nitrogens is 1. The SMILES string of the molecule is O=C1OCC(C(=O)N2Cc3cc4ccccc4nc3C2)C1CO. The average Bonchev–Trinajstić information content (AvgIpc) is 3.14. The largest absolute Gasteiger partial charge is 0.465 e. The van der Waals surface area contributed by atoms with Crippen molar-refractivity contribution in [3.05, 3.63) is 41.6 Å². The average molecular weight is 312 g/mol. The van der Waals surface area contributed by atoms with Crippen molar-refractivity contribution < 1.29 is 19.4 Å². The number of carbonyl (C=O) groups excluding carboxylic acids is 2. The van der Waals surface area contributed by atoms with Crippen LogP contribution in [0.1, 0.15) is 11.3 Å². The predicted octanol–water partition coefficient (Wildman–Crippen LogP) is 0.859. The first kappa shape index (κ1) is 14.1. The minimum atomic E-state index is -0.752.